The summed E-state index contributed by atoms with van der Waals surface area (Å²) in [5, 5.41) is 8.96. The molecule has 0 saturated carbocycles. The van der Waals surface area contributed by atoms with E-state index in [1.807, 2.05) is 6.07 Å². The first-order valence-electron chi connectivity index (χ1n) is 10.7. The molecular weight excluding hydrogens is 485 g/mol. The Morgan fingerprint density at radius 3 is 2.42 bits per heavy atom. The molecule has 3 aromatic rings. The molecule has 0 spiro atoms. The second-order valence-electron chi connectivity index (χ2n) is 7.85. The third-order valence-electron chi connectivity index (χ3n) is 5.34. The Morgan fingerprint density at radius 1 is 1.08 bits per heavy atom. The van der Waals surface area contributed by atoms with Crippen molar-refractivity contribution in [2.75, 3.05) is 11.5 Å². The van der Waals surface area contributed by atoms with Crippen LogP contribution >= 0.6 is 11.8 Å². The molecule has 0 aliphatic carbocycles. The Labute approximate surface area is 209 Å². The summed E-state index contributed by atoms with van der Waals surface area (Å²) in [7, 11) is 0. The molecule has 1 aliphatic rings. The summed E-state index contributed by atoms with van der Waals surface area (Å²) in [6.07, 6.45) is -0.0563. The van der Waals surface area contributed by atoms with Gasteiger partial charge in [0.1, 0.15) is 16.9 Å². The number of rotatable bonds is 7. The van der Waals surface area contributed by atoms with Crippen LogP contribution in [0.5, 0.6) is 0 Å². The first kappa shape index (κ1) is 24.8. The lowest BCUT2D eigenvalue weighted by molar-refractivity contribution is -0.121. The van der Waals surface area contributed by atoms with E-state index in [1.165, 1.54) is 36.4 Å². The van der Waals surface area contributed by atoms with Gasteiger partial charge in [0.25, 0.3) is 0 Å². The van der Waals surface area contributed by atoms with Crippen molar-refractivity contribution in [3.05, 3.63) is 88.9 Å². The highest BCUT2D eigenvalue weighted by Gasteiger charge is 2.40. The van der Waals surface area contributed by atoms with Crippen LogP contribution in [0, 0.1) is 24.1 Å². The molecule has 1 aromatic heterocycles. The lowest BCUT2D eigenvalue weighted by atomic mass is 10.1. The third kappa shape index (κ3) is 5.31. The number of Topliss-reactive ketones (excluding diaryl/α,β-unsaturated/α-hetero) is 1. The van der Waals surface area contributed by atoms with Crippen molar-refractivity contribution in [1.82, 2.24) is 4.98 Å². The average molecular weight is 504 g/mol. The number of aromatic nitrogens is 1. The Hall–Kier alpha value is -4.36. The van der Waals surface area contributed by atoms with Crippen LogP contribution in [0.3, 0.4) is 0 Å². The van der Waals surface area contributed by atoms with E-state index in [2.05, 4.69) is 4.98 Å². The van der Waals surface area contributed by atoms with Crippen LogP contribution in [-0.2, 0) is 14.3 Å². The highest BCUT2D eigenvalue weighted by atomic mass is 32.2. The van der Waals surface area contributed by atoms with Crippen molar-refractivity contribution in [3.8, 4) is 6.07 Å². The van der Waals surface area contributed by atoms with Gasteiger partial charge in [-0.05, 0) is 67.6 Å². The lowest BCUT2D eigenvalue weighted by Gasteiger charge is -2.15. The zero-order valence-corrected chi connectivity index (χ0v) is 19.8. The fourth-order valence-corrected chi connectivity index (χ4v) is 4.63. The lowest BCUT2D eigenvalue weighted by Crippen LogP contribution is -2.31. The predicted molar refractivity (Wildman–Crippen MR) is 128 cm³/mol. The van der Waals surface area contributed by atoms with E-state index < -0.39 is 41.2 Å². The summed E-state index contributed by atoms with van der Waals surface area (Å²) in [4.78, 5) is 55.4. The molecule has 36 heavy (non-hydrogen) atoms. The summed E-state index contributed by atoms with van der Waals surface area (Å²) in [6.45, 7) is 1.25. The molecule has 4 rings (SSSR count). The molecule has 1 unspecified atom stereocenters. The van der Waals surface area contributed by atoms with Crippen molar-refractivity contribution in [3.63, 3.8) is 0 Å². The van der Waals surface area contributed by atoms with Gasteiger partial charge in [0, 0.05) is 17.7 Å². The highest BCUT2D eigenvalue weighted by molar-refractivity contribution is 8.00. The maximum atomic E-state index is 13.0. The molecule has 1 atom stereocenters. The minimum atomic E-state index is -0.765. The topological polar surface area (TPSA) is 117 Å². The molecule has 0 bridgehead atoms. The molecular formula is C26H18FN3O5S. The number of thioether (sulfide) groups is 1. The number of carbonyl (C=O) groups is 4. The van der Waals surface area contributed by atoms with Crippen LogP contribution in [0.15, 0.2) is 65.7 Å². The fourth-order valence-electron chi connectivity index (χ4n) is 3.49. The normalized spacial score (nSPS) is 15.0. The molecule has 2 heterocycles. The van der Waals surface area contributed by atoms with Gasteiger partial charge in [-0.3, -0.25) is 14.4 Å². The summed E-state index contributed by atoms with van der Waals surface area (Å²) in [5.41, 5.74) is 1.63. The number of hydrogen-bond donors (Lipinski definition) is 0. The van der Waals surface area contributed by atoms with Crippen molar-refractivity contribution < 1.29 is 28.3 Å². The molecule has 180 valence electrons. The molecule has 2 amide bonds. The minimum Gasteiger partial charge on any atom is -0.454 e. The summed E-state index contributed by atoms with van der Waals surface area (Å²) >= 11 is 1.07. The summed E-state index contributed by atoms with van der Waals surface area (Å²) in [6, 6.07) is 15.9. The maximum Gasteiger partial charge on any atom is 0.338 e. The molecule has 2 aromatic carbocycles. The zero-order valence-electron chi connectivity index (χ0n) is 18.9. The van der Waals surface area contributed by atoms with Gasteiger partial charge < -0.3 is 4.74 Å². The fraction of sp³-hybridized carbons (Fsp3) is 0.154. The van der Waals surface area contributed by atoms with Gasteiger partial charge >= 0.3 is 5.97 Å². The average Bonchev–Trinajstić information content (AvgIpc) is 3.15. The van der Waals surface area contributed by atoms with E-state index in [9.17, 15) is 28.8 Å². The van der Waals surface area contributed by atoms with E-state index in [1.54, 1.807) is 19.1 Å². The van der Waals surface area contributed by atoms with Gasteiger partial charge in [-0.25, -0.2) is 19.1 Å². The SMILES string of the molecule is Cc1ccc(C#N)c(SC2CC(=O)N(c3ccc(C(=O)OCC(=O)c4ccc(F)cc4)cc3)C2=O)n1. The third-order valence-corrected chi connectivity index (χ3v) is 6.53. The smallest absolute Gasteiger partial charge is 0.338 e. The predicted octanol–water partition coefficient (Wildman–Crippen LogP) is 3.86. The van der Waals surface area contributed by atoms with Crippen molar-refractivity contribution in [2.24, 2.45) is 0 Å². The number of ether oxygens (including phenoxy) is 1. The monoisotopic (exact) mass is 503 g/mol. The Bertz CT molecular complexity index is 1400. The number of carbonyl (C=O) groups excluding carboxylic acids is 4. The molecule has 10 heteroatoms. The van der Waals surface area contributed by atoms with Gasteiger partial charge in [0.2, 0.25) is 11.8 Å². The number of ketones is 1. The van der Waals surface area contributed by atoms with Crippen LogP contribution in [0.2, 0.25) is 0 Å². The summed E-state index contributed by atoms with van der Waals surface area (Å²) in [5.74, 6) is -2.60. The molecule has 1 fully saturated rings. The largest absolute Gasteiger partial charge is 0.454 e. The minimum absolute atomic E-state index is 0.0563. The van der Waals surface area contributed by atoms with E-state index in [0.29, 0.717) is 16.3 Å². The van der Waals surface area contributed by atoms with Gasteiger partial charge in [0.05, 0.1) is 22.1 Å². The second kappa shape index (κ2) is 10.5. The number of aryl methyl sites for hydroxylation is 1. The van der Waals surface area contributed by atoms with Crippen molar-refractivity contribution in [2.45, 2.75) is 23.6 Å². The maximum absolute atomic E-state index is 13.0. The van der Waals surface area contributed by atoms with Crippen LogP contribution in [0.1, 0.15) is 38.4 Å². The number of nitrogens with zero attached hydrogens (tertiary/aromatic N) is 3. The van der Waals surface area contributed by atoms with Crippen LogP contribution in [-0.4, -0.2) is 40.4 Å². The summed E-state index contributed by atoms with van der Waals surface area (Å²) < 4.78 is 18.0. The number of hydrogen-bond acceptors (Lipinski definition) is 8. The van der Waals surface area contributed by atoms with Crippen LogP contribution in [0.25, 0.3) is 0 Å². The molecule has 0 radical (unpaired) electrons. The van der Waals surface area contributed by atoms with Crippen molar-refractivity contribution in [1.29, 1.82) is 5.26 Å². The first-order valence-corrected chi connectivity index (χ1v) is 11.6. The first-order chi connectivity index (χ1) is 17.3. The highest BCUT2D eigenvalue weighted by Crippen LogP contribution is 2.34. The standard InChI is InChI=1S/C26H18FN3O5S/c1-15-2-3-18(13-28)24(29-15)36-22-12-23(32)30(25(22)33)20-10-6-17(7-11-20)26(34)35-14-21(31)16-4-8-19(27)9-5-16/h2-11,22H,12,14H2,1H3. The zero-order chi connectivity index (χ0) is 25.8. The number of esters is 1. The van der Waals surface area contributed by atoms with E-state index in [-0.39, 0.29) is 23.2 Å². The number of nitriles is 1. The van der Waals surface area contributed by atoms with Gasteiger partial charge in [-0.2, -0.15) is 5.26 Å². The number of anilines is 1. The van der Waals surface area contributed by atoms with Crippen LogP contribution < -0.4 is 4.90 Å². The number of imide groups is 1. The number of benzene rings is 2. The quantitative estimate of drug-likeness (QED) is 0.271. The van der Waals surface area contributed by atoms with E-state index >= 15 is 0 Å². The molecule has 8 nitrogen and oxygen atoms in total. The van der Waals surface area contributed by atoms with Crippen molar-refractivity contribution >= 4 is 41.0 Å². The second-order valence-corrected chi connectivity index (χ2v) is 9.04. The van der Waals surface area contributed by atoms with E-state index in [4.69, 9.17) is 4.74 Å². The van der Waals surface area contributed by atoms with Crippen LogP contribution in [0.4, 0.5) is 10.1 Å². The Morgan fingerprint density at radius 2 is 1.75 bits per heavy atom. The molecule has 0 N–H and O–H groups in total. The van der Waals surface area contributed by atoms with Gasteiger partial charge in [0.15, 0.2) is 12.4 Å². The number of amides is 2. The Balaban J connectivity index is 1.40. The molecule has 1 aliphatic heterocycles. The van der Waals surface area contributed by atoms with Gasteiger partial charge in [-0.15, -0.1) is 0 Å². The van der Waals surface area contributed by atoms with Gasteiger partial charge in [-0.1, -0.05) is 11.8 Å². The number of halogens is 1. The molecule has 1 saturated heterocycles. The van der Waals surface area contributed by atoms with E-state index in [0.717, 1.165) is 28.8 Å². The number of pyridine rings is 1. The Kier molecular flexibility index (Phi) is 7.22.